The van der Waals surface area contributed by atoms with Crippen molar-refractivity contribution in [1.29, 1.82) is 0 Å². The zero-order valence-corrected chi connectivity index (χ0v) is 13.4. The van der Waals surface area contributed by atoms with Crippen molar-refractivity contribution in [1.82, 2.24) is 20.2 Å². The van der Waals surface area contributed by atoms with E-state index in [1.54, 1.807) is 36.7 Å². The number of nitrogens with one attached hydrogen (secondary N) is 2. The van der Waals surface area contributed by atoms with Crippen LogP contribution in [0.15, 0.2) is 42.9 Å². The summed E-state index contributed by atoms with van der Waals surface area (Å²) in [5.41, 5.74) is 3.38. The van der Waals surface area contributed by atoms with E-state index in [9.17, 15) is 4.79 Å². The summed E-state index contributed by atoms with van der Waals surface area (Å²) >= 11 is 0. The third kappa shape index (κ3) is 3.75. The van der Waals surface area contributed by atoms with E-state index in [2.05, 4.69) is 25.5 Å². The van der Waals surface area contributed by atoms with Gasteiger partial charge in [0.1, 0.15) is 5.75 Å². The lowest BCUT2D eigenvalue weighted by atomic mass is 10.1. The standard InChI is InChI=1S/C17H17N5O2/c1-11-15(12(2)22-21-11)9-16(23)20-13-3-5-14(6-4-13)24-17-10-18-7-8-19-17/h3-8,10H,9H2,1-2H3,(H,20,23)(H,21,22). The Morgan fingerprint density at radius 3 is 2.62 bits per heavy atom. The predicted molar refractivity (Wildman–Crippen MR) is 88.9 cm³/mol. The highest BCUT2D eigenvalue weighted by molar-refractivity contribution is 5.92. The highest BCUT2D eigenvalue weighted by Gasteiger charge is 2.11. The van der Waals surface area contributed by atoms with Gasteiger partial charge in [-0.25, -0.2) is 4.98 Å². The molecular formula is C17H17N5O2. The van der Waals surface area contributed by atoms with E-state index in [4.69, 9.17) is 4.74 Å². The monoisotopic (exact) mass is 323 g/mol. The van der Waals surface area contributed by atoms with Crippen LogP contribution in [0.2, 0.25) is 0 Å². The average molecular weight is 323 g/mol. The van der Waals surface area contributed by atoms with Gasteiger partial charge in [-0.2, -0.15) is 5.10 Å². The molecule has 0 unspecified atom stereocenters. The first-order chi connectivity index (χ1) is 11.6. The lowest BCUT2D eigenvalue weighted by Crippen LogP contribution is -2.15. The Kier molecular flexibility index (Phi) is 4.51. The van der Waals surface area contributed by atoms with Gasteiger partial charge in [-0.1, -0.05) is 0 Å². The Morgan fingerprint density at radius 1 is 1.21 bits per heavy atom. The summed E-state index contributed by atoms with van der Waals surface area (Å²) in [5, 5.41) is 9.84. The van der Waals surface area contributed by atoms with Crippen molar-refractivity contribution in [2.24, 2.45) is 0 Å². The summed E-state index contributed by atoms with van der Waals surface area (Å²) in [6.45, 7) is 3.78. The van der Waals surface area contributed by atoms with Gasteiger partial charge in [-0.3, -0.25) is 14.9 Å². The Labute approximate surface area is 139 Å². The maximum Gasteiger partial charge on any atom is 0.237 e. The average Bonchev–Trinajstić information content (AvgIpc) is 2.89. The minimum atomic E-state index is -0.0924. The van der Waals surface area contributed by atoms with Crippen molar-refractivity contribution in [2.75, 3.05) is 5.32 Å². The molecule has 0 radical (unpaired) electrons. The Hall–Kier alpha value is -3.22. The summed E-state index contributed by atoms with van der Waals surface area (Å²) < 4.78 is 5.56. The number of hydrogen-bond donors (Lipinski definition) is 2. The van der Waals surface area contributed by atoms with Gasteiger partial charge in [-0.15, -0.1) is 0 Å². The van der Waals surface area contributed by atoms with Crippen LogP contribution in [0.4, 0.5) is 5.69 Å². The van der Waals surface area contributed by atoms with Crippen LogP contribution < -0.4 is 10.1 Å². The Morgan fingerprint density at radius 2 is 2.00 bits per heavy atom. The fourth-order valence-corrected chi connectivity index (χ4v) is 2.27. The van der Waals surface area contributed by atoms with E-state index >= 15 is 0 Å². The molecule has 0 saturated heterocycles. The van der Waals surface area contributed by atoms with Crippen LogP contribution in [-0.2, 0) is 11.2 Å². The number of carbonyl (C=O) groups is 1. The van der Waals surface area contributed by atoms with Gasteiger partial charge >= 0.3 is 0 Å². The van der Waals surface area contributed by atoms with E-state index in [0.29, 0.717) is 17.3 Å². The summed E-state index contributed by atoms with van der Waals surface area (Å²) in [5.74, 6) is 0.945. The minimum Gasteiger partial charge on any atom is -0.438 e. The molecule has 122 valence electrons. The summed E-state index contributed by atoms with van der Waals surface area (Å²) in [6, 6.07) is 7.08. The van der Waals surface area contributed by atoms with Crippen LogP contribution >= 0.6 is 0 Å². The first-order valence-electron chi connectivity index (χ1n) is 7.46. The van der Waals surface area contributed by atoms with Gasteiger partial charge in [0, 0.05) is 29.3 Å². The number of anilines is 1. The number of H-pyrrole nitrogens is 1. The summed E-state index contributed by atoms with van der Waals surface area (Å²) in [7, 11) is 0. The van der Waals surface area contributed by atoms with Crippen LogP contribution in [0.3, 0.4) is 0 Å². The van der Waals surface area contributed by atoms with E-state index < -0.39 is 0 Å². The molecule has 0 aliphatic rings. The molecule has 24 heavy (non-hydrogen) atoms. The lowest BCUT2D eigenvalue weighted by Gasteiger charge is -2.07. The molecule has 0 bridgehead atoms. The van der Waals surface area contributed by atoms with Gasteiger partial charge in [0.05, 0.1) is 18.3 Å². The zero-order chi connectivity index (χ0) is 16.9. The van der Waals surface area contributed by atoms with E-state index in [0.717, 1.165) is 17.0 Å². The molecule has 0 fully saturated rings. The maximum absolute atomic E-state index is 12.2. The van der Waals surface area contributed by atoms with Crippen molar-refractivity contribution in [3.05, 3.63) is 59.8 Å². The van der Waals surface area contributed by atoms with E-state index in [-0.39, 0.29) is 12.3 Å². The fraction of sp³-hybridized carbons (Fsp3) is 0.176. The quantitative estimate of drug-likeness (QED) is 0.753. The van der Waals surface area contributed by atoms with Gasteiger partial charge in [0.25, 0.3) is 0 Å². The van der Waals surface area contributed by atoms with Crippen molar-refractivity contribution in [3.63, 3.8) is 0 Å². The molecule has 2 N–H and O–H groups in total. The second-order valence-corrected chi connectivity index (χ2v) is 5.31. The summed E-state index contributed by atoms with van der Waals surface area (Å²) in [6.07, 6.45) is 4.95. The molecule has 1 aromatic carbocycles. The molecule has 0 atom stereocenters. The molecule has 3 rings (SSSR count). The normalized spacial score (nSPS) is 10.4. The number of rotatable bonds is 5. The van der Waals surface area contributed by atoms with Gasteiger partial charge < -0.3 is 10.1 Å². The molecule has 0 spiro atoms. The van der Waals surface area contributed by atoms with Crippen molar-refractivity contribution < 1.29 is 9.53 Å². The SMILES string of the molecule is Cc1n[nH]c(C)c1CC(=O)Nc1ccc(Oc2cnccn2)cc1. The number of benzene rings is 1. The Bertz CT molecular complexity index is 808. The number of hydrogen-bond acceptors (Lipinski definition) is 5. The molecule has 7 nitrogen and oxygen atoms in total. The highest BCUT2D eigenvalue weighted by atomic mass is 16.5. The lowest BCUT2D eigenvalue weighted by molar-refractivity contribution is -0.115. The predicted octanol–water partition coefficient (Wildman–Crippen LogP) is 2.79. The molecule has 7 heteroatoms. The molecule has 2 heterocycles. The second kappa shape index (κ2) is 6.91. The van der Waals surface area contributed by atoms with Crippen LogP contribution in [0.25, 0.3) is 0 Å². The van der Waals surface area contributed by atoms with Crippen molar-refractivity contribution >= 4 is 11.6 Å². The van der Waals surface area contributed by atoms with Crippen LogP contribution in [0.1, 0.15) is 17.0 Å². The number of aromatic amines is 1. The first kappa shape index (κ1) is 15.7. The number of amides is 1. The van der Waals surface area contributed by atoms with Gasteiger partial charge in [-0.05, 0) is 38.1 Å². The molecule has 3 aromatic rings. The molecular weight excluding hydrogens is 306 g/mol. The summed E-state index contributed by atoms with van der Waals surface area (Å²) in [4.78, 5) is 20.1. The largest absolute Gasteiger partial charge is 0.438 e. The van der Waals surface area contributed by atoms with Crippen LogP contribution in [-0.4, -0.2) is 26.1 Å². The number of aromatic nitrogens is 4. The van der Waals surface area contributed by atoms with E-state index in [1.807, 2.05) is 13.8 Å². The van der Waals surface area contributed by atoms with Gasteiger partial charge in [0.15, 0.2) is 0 Å². The van der Waals surface area contributed by atoms with Crippen LogP contribution in [0.5, 0.6) is 11.6 Å². The second-order valence-electron chi connectivity index (χ2n) is 5.31. The molecule has 1 amide bonds. The van der Waals surface area contributed by atoms with E-state index in [1.165, 1.54) is 6.20 Å². The first-order valence-corrected chi connectivity index (χ1v) is 7.46. The highest BCUT2D eigenvalue weighted by Crippen LogP contribution is 2.21. The topological polar surface area (TPSA) is 92.8 Å². The molecule has 0 aliphatic carbocycles. The molecule has 0 aliphatic heterocycles. The maximum atomic E-state index is 12.2. The third-order valence-electron chi connectivity index (χ3n) is 3.52. The van der Waals surface area contributed by atoms with Crippen molar-refractivity contribution in [2.45, 2.75) is 20.3 Å². The fourth-order valence-electron chi connectivity index (χ4n) is 2.27. The number of aryl methyl sites for hydroxylation is 2. The number of carbonyl (C=O) groups excluding carboxylic acids is 1. The number of ether oxygens (including phenoxy) is 1. The molecule has 2 aromatic heterocycles. The van der Waals surface area contributed by atoms with Crippen LogP contribution in [0, 0.1) is 13.8 Å². The minimum absolute atomic E-state index is 0.0924. The third-order valence-corrected chi connectivity index (χ3v) is 3.52. The zero-order valence-electron chi connectivity index (χ0n) is 13.4. The van der Waals surface area contributed by atoms with Crippen molar-refractivity contribution in [3.8, 4) is 11.6 Å². The number of nitrogens with zero attached hydrogens (tertiary/aromatic N) is 3. The Balaban J connectivity index is 1.61. The smallest absolute Gasteiger partial charge is 0.237 e. The molecule has 0 saturated carbocycles. The van der Waals surface area contributed by atoms with Gasteiger partial charge in [0.2, 0.25) is 11.8 Å².